The number of rotatable bonds is 8. The number of carbonyl (C=O) groups is 4. The van der Waals surface area contributed by atoms with Crippen LogP contribution in [0.1, 0.15) is 12.5 Å². The number of hydrogen-bond donors (Lipinski definition) is 2. The smallest absolute Gasteiger partial charge is 0.335 e. The molecule has 4 rings (SSSR count). The predicted molar refractivity (Wildman–Crippen MR) is 141 cm³/mol. The van der Waals surface area contributed by atoms with Gasteiger partial charge in [-0.2, -0.15) is 0 Å². The van der Waals surface area contributed by atoms with Crippen LogP contribution in [0.4, 0.5) is 25.0 Å². The molecule has 0 spiro atoms. The minimum atomic E-state index is -0.965. The lowest BCUT2D eigenvalue weighted by molar-refractivity contribution is -0.122. The summed E-state index contributed by atoms with van der Waals surface area (Å²) in [4.78, 5) is 51.0. The quantitative estimate of drug-likeness (QED) is 0.284. The van der Waals surface area contributed by atoms with Gasteiger partial charge in [0.05, 0.1) is 16.8 Å². The molecule has 0 unspecified atom stereocenters. The predicted octanol–water partition coefficient (Wildman–Crippen LogP) is 4.81. The summed E-state index contributed by atoms with van der Waals surface area (Å²) in [6, 6.07) is 11.9. The largest absolute Gasteiger partial charge is 0.490 e. The van der Waals surface area contributed by atoms with Gasteiger partial charge in [-0.05, 0) is 95.2 Å². The number of benzene rings is 3. The maximum absolute atomic E-state index is 13.3. The van der Waals surface area contributed by atoms with Crippen molar-refractivity contribution in [1.29, 1.82) is 0 Å². The van der Waals surface area contributed by atoms with Crippen molar-refractivity contribution in [3.8, 4) is 11.5 Å². The fraction of sp³-hybridized carbons (Fsp3) is 0.111. The molecule has 0 radical (unpaired) electrons. The fourth-order valence-corrected chi connectivity index (χ4v) is 4.17. The summed E-state index contributed by atoms with van der Waals surface area (Å²) in [7, 11) is 0. The molecule has 0 atom stereocenters. The van der Waals surface area contributed by atoms with Crippen molar-refractivity contribution in [3.63, 3.8) is 0 Å². The maximum Gasteiger partial charge on any atom is 0.335 e. The van der Waals surface area contributed by atoms with Crippen LogP contribution in [-0.4, -0.2) is 37.0 Å². The first kappa shape index (κ1) is 27.5. The molecule has 0 aromatic heterocycles. The van der Waals surface area contributed by atoms with E-state index in [1.807, 2.05) is 0 Å². The number of nitrogens with zero attached hydrogens (tertiary/aromatic N) is 1. The summed E-state index contributed by atoms with van der Waals surface area (Å²) < 4.78 is 38.0. The average Bonchev–Trinajstić information content (AvgIpc) is 2.88. The van der Waals surface area contributed by atoms with Crippen LogP contribution in [0.2, 0.25) is 0 Å². The number of ether oxygens (including phenoxy) is 2. The lowest BCUT2D eigenvalue weighted by Gasteiger charge is -2.26. The number of imide groups is 2. The van der Waals surface area contributed by atoms with Crippen LogP contribution in [-0.2, 0) is 14.4 Å². The van der Waals surface area contributed by atoms with Gasteiger partial charge in [0, 0.05) is 5.69 Å². The van der Waals surface area contributed by atoms with Crippen LogP contribution in [0.5, 0.6) is 11.5 Å². The van der Waals surface area contributed by atoms with E-state index in [1.54, 1.807) is 6.92 Å². The van der Waals surface area contributed by atoms with E-state index in [-0.39, 0.29) is 29.4 Å². The van der Waals surface area contributed by atoms with E-state index >= 15 is 0 Å². The zero-order valence-corrected chi connectivity index (χ0v) is 21.9. The highest BCUT2D eigenvalue weighted by Gasteiger charge is 2.37. The fourth-order valence-electron chi connectivity index (χ4n) is 3.59. The first-order valence-corrected chi connectivity index (χ1v) is 12.3. The van der Waals surface area contributed by atoms with Gasteiger partial charge in [0.2, 0.25) is 0 Å². The highest BCUT2D eigenvalue weighted by Crippen LogP contribution is 2.38. The molecule has 1 aliphatic heterocycles. The SMILES string of the molecule is CCOc1cc(/C=C2\C(=O)NC(=O)N(c3ccc(F)cc3)C2=O)cc(Br)c1OCC(=O)Nc1ccc(F)cc1. The van der Waals surface area contributed by atoms with Gasteiger partial charge in [-0.15, -0.1) is 0 Å². The number of halogens is 3. The van der Waals surface area contributed by atoms with Gasteiger partial charge in [0.15, 0.2) is 18.1 Å². The second-order valence-electron chi connectivity index (χ2n) is 8.04. The molecule has 0 aliphatic carbocycles. The molecule has 200 valence electrons. The molecule has 0 saturated carbocycles. The Morgan fingerprint density at radius 1 is 1.00 bits per heavy atom. The molecule has 1 heterocycles. The maximum atomic E-state index is 13.3. The highest BCUT2D eigenvalue weighted by atomic mass is 79.9. The van der Waals surface area contributed by atoms with Crippen LogP contribution in [0, 0.1) is 11.6 Å². The Balaban J connectivity index is 1.57. The van der Waals surface area contributed by atoms with Crippen LogP contribution < -0.4 is 25.0 Å². The summed E-state index contributed by atoms with van der Waals surface area (Å²) in [5.74, 6) is -2.90. The van der Waals surface area contributed by atoms with Crippen molar-refractivity contribution >= 4 is 57.1 Å². The Morgan fingerprint density at radius 2 is 1.64 bits per heavy atom. The first-order chi connectivity index (χ1) is 18.7. The second-order valence-corrected chi connectivity index (χ2v) is 8.90. The number of barbiturate groups is 1. The molecule has 0 bridgehead atoms. The number of amides is 5. The third kappa shape index (κ3) is 6.47. The van der Waals surface area contributed by atoms with Crippen molar-refractivity contribution in [2.45, 2.75) is 6.92 Å². The molecule has 1 fully saturated rings. The van der Waals surface area contributed by atoms with Crippen LogP contribution in [0.15, 0.2) is 70.7 Å². The minimum absolute atomic E-state index is 0.0798. The molecule has 2 N–H and O–H groups in total. The van der Waals surface area contributed by atoms with Crippen molar-refractivity contribution in [3.05, 3.63) is 87.9 Å². The van der Waals surface area contributed by atoms with Gasteiger partial charge in [-0.3, -0.25) is 19.7 Å². The molecule has 12 heteroatoms. The molecule has 9 nitrogen and oxygen atoms in total. The average molecular weight is 600 g/mol. The van der Waals surface area contributed by atoms with Crippen molar-refractivity contribution in [2.24, 2.45) is 0 Å². The third-order valence-corrected chi connectivity index (χ3v) is 5.89. The summed E-state index contributed by atoms with van der Waals surface area (Å²) in [5.41, 5.74) is 0.469. The topological polar surface area (TPSA) is 114 Å². The lowest BCUT2D eigenvalue weighted by atomic mass is 10.1. The van der Waals surface area contributed by atoms with E-state index in [2.05, 4.69) is 26.6 Å². The van der Waals surface area contributed by atoms with E-state index in [1.165, 1.54) is 54.6 Å². The van der Waals surface area contributed by atoms with Gasteiger partial charge >= 0.3 is 6.03 Å². The van der Waals surface area contributed by atoms with Gasteiger partial charge in [-0.25, -0.2) is 18.5 Å². The lowest BCUT2D eigenvalue weighted by Crippen LogP contribution is -2.54. The standard InChI is InChI=1S/C27H20BrF2N3O6/c1-2-38-22-13-15(12-21(28)24(22)39-14-23(34)31-18-7-3-16(29)4-8-18)11-20-25(35)32-27(37)33(26(20)36)19-9-5-17(30)6-10-19/h3-13H,2,14H2,1H3,(H,31,34)(H,32,35,37)/b20-11+. The van der Waals surface area contributed by atoms with Crippen molar-refractivity contribution < 1.29 is 37.4 Å². The van der Waals surface area contributed by atoms with E-state index in [9.17, 15) is 28.0 Å². The normalized spacial score (nSPS) is 14.3. The second kappa shape index (κ2) is 11.9. The summed E-state index contributed by atoms with van der Waals surface area (Å²) in [6.07, 6.45) is 1.26. The number of anilines is 2. The number of carbonyl (C=O) groups excluding carboxylic acids is 4. The van der Waals surface area contributed by atoms with Gasteiger partial charge in [0.25, 0.3) is 17.7 Å². The van der Waals surface area contributed by atoms with Crippen molar-refractivity contribution in [2.75, 3.05) is 23.4 Å². The molecular weight excluding hydrogens is 580 g/mol. The van der Waals surface area contributed by atoms with Gasteiger partial charge in [0.1, 0.15) is 17.2 Å². The Hall–Kier alpha value is -4.58. The van der Waals surface area contributed by atoms with Gasteiger partial charge < -0.3 is 14.8 Å². The molecule has 39 heavy (non-hydrogen) atoms. The molecule has 3 aromatic rings. The Kier molecular flexibility index (Phi) is 8.35. The van der Waals surface area contributed by atoms with Crippen LogP contribution >= 0.6 is 15.9 Å². The van der Waals surface area contributed by atoms with Crippen molar-refractivity contribution in [1.82, 2.24) is 5.32 Å². The number of urea groups is 1. The molecule has 3 aromatic carbocycles. The number of nitrogens with one attached hydrogen (secondary N) is 2. The summed E-state index contributed by atoms with van der Waals surface area (Å²) in [6.45, 7) is 1.57. The first-order valence-electron chi connectivity index (χ1n) is 11.5. The molecule has 1 saturated heterocycles. The van der Waals surface area contributed by atoms with Crippen LogP contribution in [0.25, 0.3) is 6.08 Å². The van der Waals surface area contributed by atoms with Crippen LogP contribution in [0.3, 0.4) is 0 Å². The van der Waals surface area contributed by atoms with E-state index in [4.69, 9.17) is 9.47 Å². The van der Waals surface area contributed by atoms with E-state index in [0.717, 1.165) is 17.0 Å². The monoisotopic (exact) mass is 599 g/mol. The molecule has 5 amide bonds. The zero-order chi connectivity index (χ0) is 28.1. The minimum Gasteiger partial charge on any atom is -0.490 e. The zero-order valence-electron chi connectivity index (χ0n) is 20.3. The molecule has 1 aliphatic rings. The highest BCUT2D eigenvalue weighted by molar-refractivity contribution is 9.10. The Bertz CT molecular complexity index is 1480. The number of hydrogen-bond acceptors (Lipinski definition) is 6. The van der Waals surface area contributed by atoms with E-state index in [0.29, 0.717) is 15.7 Å². The van der Waals surface area contributed by atoms with E-state index < -0.39 is 42.0 Å². The Morgan fingerprint density at radius 3 is 2.28 bits per heavy atom. The molecular formula is C27H20BrF2N3O6. The summed E-state index contributed by atoms with van der Waals surface area (Å²) in [5, 5.41) is 4.68. The Labute approximate surface area is 229 Å². The third-order valence-electron chi connectivity index (χ3n) is 5.30. The van der Waals surface area contributed by atoms with Gasteiger partial charge in [-0.1, -0.05) is 0 Å². The summed E-state index contributed by atoms with van der Waals surface area (Å²) >= 11 is 3.36.